The van der Waals surface area contributed by atoms with Crippen molar-refractivity contribution in [1.82, 2.24) is 10.2 Å². The number of carbonyl (C=O) groups is 2. The number of hydrogen-bond donors (Lipinski definition) is 1. The van der Waals surface area contributed by atoms with Gasteiger partial charge in [-0.2, -0.15) is 0 Å². The molecular weight excluding hydrogens is 252 g/mol. The molecule has 3 amide bonds. The van der Waals surface area contributed by atoms with Gasteiger partial charge in [-0.25, -0.2) is 4.79 Å². The second-order valence-electron chi connectivity index (χ2n) is 6.47. The molecule has 108 valence electrons. The number of amides is 3. The molecule has 1 saturated heterocycles. The van der Waals surface area contributed by atoms with Gasteiger partial charge in [0.25, 0.3) is 5.91 Å². The van der Waals surface area contributed by atoms with E-state index in [1.54, 1.807) is 0 Å². The van der Waals surface area contributed by atoms with Crippen LogP contribution in [0.2, 0.25) is 0 Å². The minimum Gasteiger partial charge on any atom is -0.325 e. The van der Waals surface area contributed by atoms with Crippen molar-refractivity contribution in [1.29, 1.82) is 0 Å². The molecule has 1 unspecified atom stereocenters. The van der Waals surface area contributed by atoms with Crippen LogP contribution in [0.3, 0.4) is 0 Å². The molecule has 0 aromatic heterocycles. The highest BCUT2D eigenvalue weighted by Gasteiger charge is 2.43. The first-order valence-corrected chi connectivity index (χ1v) is 6.96. The summed E-state index contributed by atoms with van der Waals surface area (Å²) in [6, 6.07) is 7.46. The standard InChI is InChI=1S/C16H22N2O2/c1-11-5-7-12(8-6-11)9-10-18-14(19)13(16(2,3)4)17-15(18)20/h5-8,13H,9-10H2,1-4H3,(H,17,20). The Bertz CT molecular complexity index is 514. The van der Waals surface area contributed by atoms with Crippen LogP contribution in [0.15, 0.2) is 24.3 Å². The van der Waals surface area contributed by atoms with Crippen molar-refractivity contribution in [3.63, 3.8) is 0 Å². The van der Waals surface area contributed by atoms with Gasteiger partial charge < -0.3 is 5.32 Å². The number of nitrogens with one attached hydrogen (secondary N) is 1. The van der Waals surface area contributed by atoms with Crippen molar-refractivity contribution in [3.8, 4) is 0 Å². The first-order chi connectivity index (χ1) is 9.29. The van der Waals surface area contributed by atoms with Crippen molar-refractivity contribution < 1.29 is 9.59 Å². The molecule has 1 aromatic carbocycles. The summed E-state index contributed by atoms with van der Waals surface area (Å²) in [6.07, 6.45) is 0.691. The summed E-state index contributed by atoms with van der Waals surface area (Å²) in [5.41, 5.74) is 2.08. The number of urea groups is 1. The summed E-state index contributed by atoms with van der Waals surface area (Å²) < 4.78 is 0. The predicted molar refractivity (Wildman–Crippen MR) is 78.4 cm³/mol. The average Bonchev–Trinajstić information content (AvgIpc) is 2.64. The molecule has 1 atom stereocenters. The molecule has 1 N–H and O–H groups in total. The van der Waals surface area contributed by atoms with Crippen molar-refractivity contribution >= 4 is 11.9 Å². The first-order valence-electron chi connectivity index (χ1n) is 6.96. The maximum atomic E-state index is 12.3. The van der Waals surface area contributed by atoms with Crippen LogP contribution in [0.5, 0.6) is 0 Å². The Morgan fingerprint density at radius 1 is 1.15 bits per heavy atom. The third-order valence-electron chi connectivity index (χ3n) is 3.64. The fourth-order valence-corrected chi connectivity index (χ4v) is 2.31. The summed E-state index contributed by atoms with van der Waals surface area (Å²) in [5, 5.41) is 2.78. The van der Waals surface area contributed by atoms with Crippen LogP contribution in [0, 0.1) is 12.3 Å². The highest BCUT2D eigenvalue weighted by molar-refractivity contribution is 6.04. The van der Waals surface area contributed by atoms with Crippen LogP contribution in [-0.4, -0.2) is 29.4 Å². The lowest BCUT2D eigenvalue weighted by Gasteiger charge is -2.24. The average molecular weight is 274 g/mol. The Balaban J connectivity index is 2.01. The molecule has 1 aliphatic heterocycles. The summed E-state index contributed by atoms with van der Waals surface area (Å²) in [6.45, 7) is 8.34. The number of nitrogens with zero attached hydrogens (tertiary/aromatic N) is 1. The minimum atomic E-state index is -0.423. The molecule has 1 aromatic rings. The Labute approximate surface area is 120 Å². The lowest BCUT2D eigenvalue weighted by Crippen LogP contribution is -2.41. The van der Waals surface area contributed by atoms with Crippen LogP contribution in [0.1, 0.15) is 31.9 Å². The van der Waals surface area contributed by atoms with Crippen LogP contribution < -0.4 is 5.32 Å². The molecule has 0 aliphatic carbocycles. The van der Waals surface area contributed by atoms with Gasteiger partial charge in [0.1, 0.15) is 6.04 Å². The van der Waals surface area contributed by atoms with E-state index in [0.29, 0.717) is 13.0 Å². The van der Waals surface area contributed by atoms with Crippen molar-refractivity contribution in [3.05, 3.63) is 35.4 Å². The summed E-state index contributed by atoms with van der Waals surface area (Å²) in [7, 11) is 0. The van der Waals surface area contributed by atoms with E-state index in [0.717, 1.165) is 5.56 Å². The van der Waals surface area contributed by atoms with Crippen LogP contribution in [0.4, 0.5) is 4.79 Å². The molecule has 4 heteroatoms. The lowest BCUT2D eigenvalue weighted by molar-refractivity contribution is -0.129. The molecule has 1 fully saturated rings. The maximum absolute atomic E-state index is 12.3. The van der Waals surface area contributed by atoms with Crippen LogP contribution >= 0.6 is 0 Å². The zero-order chi connectivity index (χ0) is 14.9. The Morgan fingerprint density at radius 3 is 2.25 bits per heavy atom. The Hall–Kier alpha value is -1.84. The minimum absolute atomic E-state index is 0.116. The van der Waals surface area contributed by atoms with Gasteiger partial charge in [0.15, 0.2) is 0 Å². The van der Waals surface area contributed by atoms with E-state index in [9.17, 15) is 9.59 Å². The predicted octanol–water partition coefficient (Wildman–Crippen LogP) is 2.50. The molecule has 0 saturated carbocycles. The molecular formula is C16H22N2O2. The van der Waals surface area contributed by atoms with E-state index < -0.39 is 6.04 Å². The third kappa shape index (κ3) is 3.00. The monoisotopic (exact) mass is 274 g/mol. The number of rotatable bonds is 3. The highest BCUT2D eigenvalue weighted by Crippen LogP contribution is 2.25. The van der Waals surface area contributed by atoms with Gasteiger partial charge in [0.05, 0.1) is 0 Å². The zero-order valence-corrected chi connectivity index (χ0v) is 12.6. The highest BCUT2D eigenvalue weighted by atomic mass is 16.2. The molecule has 20 heavy (non-hydrogen) atoms. The fraction of sp³-hybridized carbons (Fsp3) is 0.500. The van der Waals surface area contributed by atoms with Gasteiger partial charge in [-0.15, -0.1) is 0 Å². The molecule has 4 nitrogen and oxygen atoms in total. The second kappa shape index (κ2) is 5.27. The van der Waals surface area contributed by atoms with E-state index in [4.69, 9.17) is 0 Å². The van der Waals surface area contributed by atoms with E-state index >= 15 is 0 Å². The van der Waals surface area contributed by atoms with Crippen LogP contribution in [0.25, 0.3) is 0 Å². The smallest absolute Gasteiger partial charge is 0.324 e. The fourth-order valence-electron chi connectivity index (χ4n) is 2.31. The lowest BCUT2D eigenvalue weighted by atomic mass is 9.87. The summed E-state index contributed by atoms with van der Waals surface area (Å²) >= 11 is 0. The largest absolute Gasteiger partial charge is 0.325 e. The summed E-state index contributed by atoms with van der Waals surface area (Å²) in [4.78, 5) is 25.5. The van der Waals surface area contributed by atoms with E-state index in [1.807, 2.05) is 52.0 Å². The molecule has 0 spiro atoms. The van der Waals surface area contributed by atoms with Gasteiger partial charge in [-0.3, -0.25) is 9.69 Å². The van der Waals surface area contributed by atoms with Crippen molar-refractivity contribution in [2.75, 3.05) is 6.54 Å². The third-order valence-corrected chi connectivity index (χ3v) is 3.64. The SMILES string of the molecule is Cc1ccc(CCN2C(=O)NC(C(C)(C)C)C2=O)cc1. The van der Waals surface area contributed by atoms with Gasteiger partial charge in [-0.05, 0) is 24.3 Å². The normalized spacial score (nSPS) is 19.4. The van der Waals surface area contributed by atoms with Crippen molar-refractivity contribution in [2.45, 2.75) is 40.2 Å². The molecule has 0 radical (unpaired) electrons. The van der Waals surface area contributed by atoms with E-state index in [2.05, 4.69) is 5.32 Å². The van der Waals surface area contributed by atoms with Crippen LogP contribution in [-0.2, 0) is 11.2 Å². The molecule has 1 aliphatic rings. The quantitative estimate of drug-likeness (QED) is 0.861. The zero-order valence-electron chi connectivity index (χ0n) is 12.6. The second-order valence-corrected chi connectivity index (χ2v) is 6.47. The maximum Gasteiger partial charge on any atom is 0.324 e. The molecule has 2 rings (SSSR count). The number of aryl methyl sites for hydroxylation is 1. The van der Waals surface area contributed by atoms with Gasteiger partial charge in [-0.1, -0.05) is 50.6 Å². The number of hydrogen-bond acceptors (Lipinski definition) is 2. The van der Waals surface area contributed by atoms with Gasteiger partial charge >= 0.3 is 6.03 Å². The Morgan fingerprint density at radius 2 is 1.75 bits per heavy atom. The molecule has 0 bridgehead atoms. The number of carbonyl (C=O) groups excluding carboxylic acids is 2. The van der Waals surface area contributed by atoms with Gasteiger partial charge in [0, 0.05) is 6.54 Å². The van der Waals surface area contributed by atoms with Gasteiger partial charge in [0.2, 0.25) is 0 Å². The topological polar surface area (TPSA) is 49.4 Å². The van der Waals surface area contributed by atoms with E-state index in [-0.39, 0.29) is 17.4 Å². The summed E-state index contributed by atoms with van der Waals surface area (Å²) in [5.74, 6) is -0.116. The van der Waals surface area contributed by atoms with E-state index in [1.165, 1.54) is 10.5 Å². The Kier molecular flexibility index (Phi) is 3.84. The molecule has 1 heterocycles. The number of benzene rings is 1. The first kappa shape index (κ1) is 14.6. The number of imide groups is 1. The van der Waals surface area contributed by atoms with Crippen molar-refractivity contribution in [2.24, 2.45) is 5.41 Å².